The van der Waals surface area contributed by atoms with Crippen LogP contribution in [0.1, 0.15) is 58.9 Å². The Labute approximate surface area is 105 Å². The highest BCUT2D eigenvalue weighted by atomic mass is 32.2. The molecule has 0 atom stereocenters. The lowest BCUT2D eigenvalue weighted by Crippen LogP contribution is -2.10. The molecule has 3 nitrogen and oxygen atoms in total. The molecule has 1 fully saturated rings. The smallest absolute Gasteiger partial charge is 0.337 e. The van der Waals surface area contributed by atoms with Crippen LogP contribution in [0, 0.1) is 0 Å². The SMILES string of the molecule is O=C(O)c1cc2c(nc1C1CCCC1)CSC2. The molecular formula is C13H15NO2S. The van der Waals surface area contributed by atoms with Crippen LogP contribution in [0.3, 0.4) is 0 Å². The number of hydrogen-bond acceptors (Lipinski definition) is 3. The van der Waals surface area contributed by atoms with Gasteiger partial charge in [0.1, 0.15) is 0 Å². The fraction of sp³-hybridized carbons (Fsp3) is 0.538. The van der Waals surface area contributed by atoms with Gasteiger partial charge in [0, 0.05) is 17.4 Å². The summed E-state index contributed by atoms with van der Waals surface area (Å²) in [6.45, 7) is 0. The van der Waals surface area contributed by atoms with E-state index in [1.807, 2.05) is 17.8 Å². The van der Waals surface area contributed by atoms with Crippen molar-refractivity contribution in [3.05, 3.63) is 28.6 Å². The maximum atomic E-state index is 11.3. The van der Waals surface area contributed by atoms with Crippen LogP contribution in [-0.2, 0) is 11.5 Å². The first kappa shape index (κ1) is 11.1. The van der Waals surface area contributed by atoms with Crippen molar-refractivity contribution >= 4 is 17.7 Å². The van der Waals surface area contributed by atoms with Gasteiger partial charge < -0.3 is 5.11 Å². The summed E-state index contributed by atoms with van der Waals surface area (Å²) in [6, 6.07) is 1.86. The van der Waals surface area contributed by atoms with E-state index in [0.717, 1.165) is 41.3 Å². The minimum absolute atomic E-state index is 0.372. The van der Waals surface area contributed by atoms with Crippen LogP contribution < -0.4 is 0 Å². The molecule has 2 heterocycles. The topological polar surface area (TPSA) is 50.2 Å². The van der Waals surface area contributed by atoms with Crippen molar-refractivity contribution in [1.29, 1.82) is 0 Å². The summed E-state index contributed by atoms with van der Waals surface area (Å²) >= 11 is 1.82. The maximum absolute atomic E-state index is 11.3. The summed E-state index contributed by atoms with van der Waals surface area (Å²) in [5, 5.41) is 9.31. The van der Waals surface area contributed by atoms with Crippen LogP contribution in [0.25, 0.3) is 0 Å². The second kappa shape index (κ2) is 4.33. The highest BCUT2D eigenvalue weighted by Crippen LogP contribution is 2.37. The lowest BCUT2D eigenvalue weighted by Gasteiger charge is -2.13. The zero-order chi connectivity index (χ0) is 11.8. The third kappa shape index (κ3) is 1.95. The predicted octanol–water partition coefficient (Wildman–Crippen LogP) is 3.18. The minimum atomic E-state index is -0.820. The number of rotatable bonds is 2. The molecule has 17 heavy (non-hydrogen) atoms. The molecule has 0 saturated heterocycles. The Balaban J connectivity index is 2.07. The van der Waals surface area contributed by atoms with Gasteiger partial charge in [-0.15, -0.1) is 0 Å². The van der Waals surface area contributed by atoms with Gasteiger partial charge in [-0.2, -0.15) is 11.8 Å². The molecule has 3 rings (SSSR count). The Kier molecular flexibility index (Phi) is 2.82. The molecule has 1 N–H and O–H groups in total. The first-order valence-corrected chi connectivity index (χ1v) is 7.25. The van der Waals surface area contributed by atoms with Crippen LogP contribution in [0.4, 0.5) is 0 Å². The monoisotopic (exact) mass is 249 g/mol. The largest absolute Gasteiger partial charge is 0.478 e. The van der Waals surface area contributed by atoms with Crippen LogP contribution in [-0.4, -0.2) is 16.1 Å². The Hall–Kier alpha value is -1.03. The van der Waals surface area contributed by atoms with Crippen LogP contribution >= 0.6 is 11.8 Å². The standard InChI is InChI=1S/C13H15NO2S/c15-13(16)10-5-9-6-17-7-11(9)14-12(10)8-3-1-2-4-8/h5,8H,1-4,6-7H2,(H,15,16). The van der Waals surface area contributed by atoms with E-state index in [1.165, 1.54) is 12.8 Å². The molecule has 1 aromatic heterocycles. The van der Waals surface area contributed by atoms with E-state index < -0.39 is 5.97 Å². The van der Waals surface area contributed by atoms with Gasteiger partial charge in [0.15, 0.2) is 0 Å². The summed E-state index contributed by atoms with van der Waals surface area (Å²) in [6.07, 6.45) is 4.60. The summed E-state index contributed by atoms with van der Waals surface area (Å²) in [5.74, 6) is 1.40. The van der Waals surface area contributed by atoms with E-state index in [-0.39, 0.29) is 0 Å². The lowest BCUT2D eigenvalue weighted by atomic mass is 9.97. The van der Waals surface area contributed by atoms with Crippen molar-refractivity contribution in [3.63, 3.8) is 0 Å². The van der Waals surface area contributed by atoms with E-state index >= 15 is 0 Å². The molecule has 0 radical (unpaired) electrons. The summed E-state index contributed by atoms with van der Waals surface area (Å²) in [4.78, 5) is 16.0. The molecule has 0 spiro atoms. The van der Waals surface area contributed by atoms with Crippen LogP contribution in [0.5, 0.6) is 0 Å². The number of pyridine rings is 1. The van der Waals surface area contributed by atoms with E-state index in [4.69, 9.17) is 0 Å². The van der Waals surface area contributed by atoms with Gasteiger partial charge >= 0.3 is 5.97 Å². The second-order valence-electron chi connectivity index (χ2n) is 4.81. The third-order valence-corrected chi connectivity index (χ3v) is 4.68. The predicted molar refractivity (Wildman–Crippen MR) is 67.4 cm³/mol. The fourth-order valence-corrected chi connectivity index (χ4v) is 3.81. The number of carboxylic acid groups (broad SMARTS) is 1. The van der Waals surface area contributed by atoms with Crippen LogP contribution in [0.15, 0.2) is 6.07 Å². The van der Waals surface area contributed by atoms with Gasteiger partial charge in [-0.3, -0.25) is 4.98 Å². The van der Waals surface area contributed by atoms with E-state index in [0.29, 0.717) is 11.5 Å². The van der Waals surface area contributed by atoms with Crippen LogP contribution in [0.2, 0.25) is 0 Å². The quantitative estimate of drug-likeness (QED) is 0.874. The summed E-state index contributed by atoms with van der Waals surface area (Å²) in [7, 11) is 0. The molecule has 1 aromatic rings. The second-order valence-corrected chi connectivity index (χ2v) is 5.79. The fourth-order valence-electron chi connectivity index (χ4n) is 2.80. The first-order chi connectivity index (χ1) is 8.25. The van der Waals surface area contributed by atoms with Crippen molar-refractivity contribution in [2.24, 2.45) is 0 Å². The van der Waals surface area contributed by atoms with Crippen molar-refractivity contribution in [2.45, 2.75) is 43.1 Å². The number of hydrogen-bond donors (Lipinski definition) is 1. The van der Waals surface area contributed by atoms with Crippen molar-refractivity contribution < 1.29 is 9.90 Å². The highest BCUT2D eigenvalue weighted by Gasteiger charge is 2.27. The Morgan fingerprint density at radius 2 is 2.12 bits per heavy atom. The molecule has 1 saturated carbocycles. The number of aromatic nitrogens is 1. The molecule has 1 aliphatic heterocycles. The number of carbonyl (C=O) groups is 1. The average Bonchev–Trinajstić information content (AvgIpc) is 2.98. The van der Waals surface area contributed by atoms with Gasteiger partial charge in [0.25, 0.3) is 0 Å². The molecule has 0 aromatic carbocycles. The van der Waals surface area contributed by atoms with Gasteiger partial charge in [-0.1, -0.05) is 12.8 Å². The Bertz CT molecular complexity index is 467. The summed E-state index contributed by atoms with van der Waals surface area (Å²) in [5.41, 5.74) is 3.52. The van der Waals surface area contributed by atoms with Crippen molar-refractivity contribution in [3.8, 4) is 0 Å². The Morgan fingerprint density at radius 3 is 2.82 bits per heavy atom. The van der Waals surface area contributed by atoms with Crippen molar-refractivity contribution in [1.82, 2.24) is 4.98 Å². The van der Waals surface area contributed by atoms with Gasteiger partial charge in [0.05, 0.1) is 17.0 Å². The average molecular weight is 249 g/mol. The minimum Gasteiger partial charge on any atom is -0.478 e. The molecule has 0 unspecified atom stereocenters. The molecule has 1 aliphatic carbocycles. The molecule has 2 aliphatic rings. The van der Waals surface area contributed by atoms with E-state index in [1.54, 1.807) is 0 Å². The van der Waals surface area contributed by atoms with E-state index in [2.05, 4.69) is 4.98 Å². The third-order valence-electron chi connectivity index (χ3n) is 3.69. The zero-order valence-electron chi connectivity index (χ0n) is 9.61. The molecule has 90 valence electrons. The zero-order valence-corrected chi connectivity index (χ0v) is 10.4. The number of aromatic carboxylic acids is 1. The maximum Gasteiger partial charge on any atom is 0.337 e. The van der Waals surface area contributed by atoms with E-state index in [9.17, 15) is 9.90 Å². The molecule has 0 bridgehead atoms. The lowest BCUT2D eigenvalue weighted by molar-refractivity contribution is 0.0694. The number of thioether (sulfide) groups is 1. The summed E-state index contributed by atoms with van der Waals surface area (Å²) < 4.78 is 0. The van der Waals surface area contributed by atoms with Gasteiger partial charge in [-0.05, 0) is 24.5 Å². The highest BCUT2D eigenvalue weighted by molar-refractivity contribution is 7.98. The number of carboxylic acids is 1. The molecule has 0 amide bonds. The molecular weight excluding hydrogens is 234 g/mol. The number of fused-ring (bicyclic) bond motifs is 1. The van der Waals surface area contributed by atoms with Crippen molar-refractivity contribution in [2.75, 3.05) is 0 Å². The van der Waals surface area contributed by atoms with Gasteiger partial charge in [-0.25, -0.2) is 4.79 Å². The normalized spacial score (nSPS) is 19.5. The Morgan fingerprint density at radius 1 is 1.35 bits per heavy atom. The molecule has 4 heteroatoms. The van der Waals surface area contributed by atoms with Gasteiger partial charge in [0.2, 0.25) is 0 Å². The number of nitrogens with zero attached hydrogens (tertiary/aromatic N) is 1. The first-order valence-electron chi connectivity index (χ1n) is 6.09.